The van der Waals surface area contributed by atoms with Crippen molar-refractivity contribution < 1.29 is 9.53 Å². The number of nitrogens with zero attached hydrogens (tertiary/aromatic N) is 2. The molecule has 0 amide bonds. The largest absolute Gasteiger partial charge is 0.464 e. The van der Waals surface area contributed by atoms with E-state index in [1.165, 1.54) is 19.5 Å². The van der Waals surface area contributed by atoms with Crippen LogP contribution in [0.15, 0.2) is 12.4 Å². The summed E-state index contributed by atoms with van der Waals surface area (Å²) in [4.78, 5) is 18.3. The molecule has 0 aromatic carbocycles. The van der Waals surface area contributed by atoms with Gasteiger partial charge in [0.15, 0.2) is 5.69 Å². The molecule has 4 nitrogen and oxygen atoms in total. The average Bonchev–Trinajstić information content (AvgIpc) is 2.17. The van der Waals surface area contributed by atoms with Crippen molar-refractivity contribution in [3.05, 3.63) is 23.8 Å². The highest BCUT2D eigenvalue weighted by molar-refractivity contribution is 5.86. The van der Waals surface area contributed by atoms with Crippen molar-refractivity contribution in [3.63, 3.8) is 0 Å². The number of hydrogen-bond acceptors (Lipinski definition) is 4. The first-order valence-electron chi connectivity index (χ1n) is 3.15. The molecule has 4 heteroatoms. The van der Waals surface area contributed by atoms with Gasteiger partial charge in [0.1, 0.15) is 5.69 Å². The lowest BCUT2D eigenvalue weighted by atomic mass is 10.4. The zero-order chi connectivity index (χ0) is 8.97. The van der Waals surface area contributed by atoms with Crippen molar-refractivity contribution in [1.82, 2.24) is 9.97 Å². The van der Waals surface area contributed by atoms with Crippen LogP contribution in [0.5, 0.6) is 0 Å². The van der Waals surface area contributed by atoms with E-state index in [1.54, 1.807) is 0 Å². The number of ether oxygens (including phenoxy) is 1. The number of terminal acetylenes is 1. The standard InChI is InChI=1S/C8H6N2O2/c1-3-6-4-10-7(5-9-6)8(11)12-2/h1,4-5H,2H3. The Hall–Kier alpha value is -1.89. The minimum atomic E-state index is -0.522. The van der Waals surface area contributed by atoms with E-state index in [4.69, 9.17) is 6.42 Å². The summed E-state index contributed by atoms with van der Waals surface area (Å²) >= 11 is 0. The fourth-order valence-corrected chi connectivity index (χ4v) is 0.613. The van der Waals surface area contributed by atoms with Gasteiger partial charge >= 0.3 is 5.97 Å². The molecular formula is C8H6N2O2. The highest BCUT2D eigenvalue weighted by atomic mass is 16.5. The zero-order valence-corrected chi connectivity index (χ0v) is 6.44. The zero-order valence-electron chi connectivity index (χ0n) is 6.44. The van der Waals surface area contributed by atoms with Gasteiger partial charge in [-0.1, -0.05) is 0 Å². The summed E-state index contributed by atoms with van der Waals surface area (Å²) in [6, 6.07) is 0. The molecule has 0 aliphatic rings. The molecule has 0 aliphatic carbocycles. The van der Waals surface area contributed by atoms with E-state index in [0.717, 1.165) is 0 Å². The SMILES string of the molecule is C#Cc1cnc(C(=O)OC)cn1. The first-order chi connectivity index (χ1) is 5.77. The highest BCUT2D eigenvalue weighted by Crippen LogP contribution is 1.95. The van der Waals surface area contributed by atoms with Crippen LogP contribution < -0.4 is 0 Å². The molecule has 1 aromatic heterocycles. The van der Waals surface area contributed by atoms with Crippen molar-refractivity contribution in [1.29, 1.82) is 0 Å². The van der Waals surface area contributed by atoms with Gasteiger partial charge < -0.3 is 4.74 Å². The van der Waals surface area contributed by atoms with Crippen molar-refractivity contribution in [2.75, 3.05) is 7.11 Å². The Bertz CT molecular complexity index is 324. The van der Waals surface area contributed by atoms with E-state index in [0.29, 0.717) is 5.69 Å². The second-order valence-corrected chi connectivity index (χ2v) is 1.92. The molecular weight excluding hydrogens is 156 g/mol. The first kappa shape index (κ1) is 8.21. The molecule has 0 unspecified atom stereocenters. The molecule has 12 heavy (non-hydrogen) atoms. The third-order valence-electron chi connectivity index (χ3n) is 1.19. The van der Waals surface area contributed by atoms with Crippen LogP contribution in [0.2, 0.25) is 0 Å². The number of esters is 1. The Morgan fingerprint density at radius 3 is 2.75 bits per heavy atom. The molecule has 0 saturated heterocycles. The maximum absolute atomic E-state index is 10.8. The van der Waals surface area contributed by atoms with Gasteiger partial charge in [0.2, 0.25) is 0 Å². The molecule has 0 N–H and O–H groups in total. The Kier molecular flexibility index (Phi) is 2.38. The molecule has 0 atom stereocenters. The second kappa shape index (κ2) is 3.49. The van der Waals surface area contributed by atoms with Gasteiger partial charge in [-0.3, -0.25) is 0 Å². The third-order valence-corrected chi connectivity index (χ3v) is 1.19. The highest BCUT2D eigenvalue weighted by Gasteiger charge is 2.05. The lowest BCUT2D eigenvalue weighted by Crippen LogP contribution is -2.04. The van der Waals surface area contributed by atoms with Crippen LogP contribution >= 0.6 is 0 Å². The summed E-state index contributed by atoms with van der Waals surface area (Å²) in [5, 5.41) is 0. The summed E-state index contributed by atoms with van der Waals surface area (Å²) in [5.41, 5.74) is 0.541. The number of methoxy groups -OCH3 is 1. The van der Waals surface area contributed by atoms with Gasteiger partial charge in [0.25, 0.3) is 0 Å². The number of hydrogen-bond donors (Lipinski definition) is 0. The van der Waals surface area contributed by atoms with Gasteiger partial charge in [-0.25, -0.2) is 14.8 Å². The fourth-order valence-electron chi connectivity index (χ4n) is 0.613. The summed E-state index contributed by atoms with van der Waals surface area (Å²) in [6.07, 6.45) is 7.66. The third kappa shape index (κ3) is 1.58. The average molecular weight is 162 g/mol. The lowest BCUT2D eigenvalue weighted by Gasteiger charge is -1.95. The van der Waals surface area contributed by atoms with E-state index in [1.807, 2.05) is 0 Å². The van der Waals surface area contributed by atoms with E-state index >= 15 is 0 Å². The predicted molar refractivity (Wildman–Crippen MR) is 41.3 cm³/mol. The van der Waals surface area contributed by atoms with Crippen LogP contribution in [0.1, 0.15) is 16.2 Å². The maximum atomic E-state index is 10.8. The van der Waals surface area contributed by atoms with E-state index in [2.05, 4.69) is 20.6 Å². The van der Waals surface area contributed by atoms with Crippen molar-refractivity contribution in [2.45, 2.75) is 0 Å². The first-order valence-corrected chi connectivity index (χ1v) is 3.15. The number of carbonyl (C=O) groups is 1. The van der Waals surface area contributed by atoms with Crippen LogP contribution in [-0.2, 0) is 4.74 Å². The summed E-state index contributed by atoms with van der Waals surface area (Å²) < 4.78 is 4.42. The molecule has 0 spiro atoms. The molecule has 0 aliphatic heterocycles. The van der Waals surface area contributed by atoms with E-state index in [9.17, 15) is 4.79 Å². The van der Waals surface area contributed by atoms with Crippen molar-refractivity contribution >= 4 is 5.97 Å². The monoisotopic (exact) mass is 162 g/mol. The van der Waals surface area contributed by atoms with Crippen molar-refractivity contribution in [2.24, 2.45) is 0 Å². The van der Waals surface area contributed by atoms with Crippen LogP contribution in [-0.4, -0.2) is 23.0 Å². The molecule has 1 rings (SSSR count). The van der Waals surface area contributed by atoms with Crippen LogP contribution in [0.25, 0.3) is 0 Å². The van der Waals surface area contributed by atoms with E-state index in [-0.39, 0.29) is 5.69 Å². The molecule has 0 radical (unpaired) electrons. The minimum Gasteiger partial charge on any atom is -0.464 e. The van der Waals surface area contributed by atoms with Gasteiger partial charge in [0.05, 0.1) is 19.5 Å². The van der Waals surface area contributed by atoms with Gasteiger partial charge in [0, 0.05) is 0 Å². The summed E-state index contributed by atoms with van der Waals surface area (Å²) in [6.45, 7) is 0. The number of rotatable bonds is 1. The quantitative estimate of drug-likeness (QED) is 0.438. The van der Waals surface area contributed by atoms with Crippen LogP contribution in [0.4, 0.5) is 0 Å². The predicted octanol–water partition coefficient (Wildman–Crippen LogP) is 0.244. The normalized spacial score (nSPS) is 8.67. The van der Waals surface area contributed by atoms with E-state index < -0.39 is 5.97 Å². The molecule has 0 fully saturated rings. The lowest BCUT2D eigenvalue weighted by molar-refractivity contribution is 0.0593. The molecule has 1 heterocycles. The fraction of sp³-hybridized carbons (Fsp3) is 0.125. The number of carbonyl (C=O) groups excluding carboxylic acids is 1. The van der Waals surface area contributed by atoms with Crippen molar-refractivity contribution in [3.8, 4) is 12.3 Å². The Balaban J connectivity index is 2.94. The van der Waals surface area contributed by atoms with Gasteiger partial charge in [-0.2, -0.15) is 0 Å². The smallest absolute Gasteiger partial charge is 0.358 e. The maximum Gasteiger partial charge on any atom is 0.358 e. The molecule has 0 saturated carbocycles. The molecule has 0 bridgehead atoms. The van der Waals surface area contributed by atoms with Gasteiger partial charge in [-0.05, 0) is 5.92 Å². The van der Waals surface area contributed by atoms with Crippen LogP contribution in [0, 0.1) is 12.3 Å². The minimum absolute atomic E-state index is 0.150. The number of aromatic nitrogens is 2. The molecule has 60 valence electrons. The second-order valence-electron chi connectivity index (χ2n) is 1.92. The van der Waals surface area contributed by atoms with Gasteiger partial charge in [-0.15, -0.1) is 6.42 Å². The summed E-state index contributed by atoms with van der Waals surface area (Å²) in [5.74, 6) is 1.76. The Morgan fingerprint density at radius 1 is 1.58 bits per heavy atom. The Morgan fingerprint density at radius 2 is 2.33 bits per heavy atom. The molecule has 1 aromatic rings. The van der Waals surface area contributed by atoms with Crippen LogP contribution in [0.3, 0.4) is 0 Å². The summed E-state index contributed by atoms with van der Waals surface area (Å²) in [7, 11) is 1.28. The topological polar surface area (TPSA) is 52.1 Å². The Labute approximate surface area is 69.6 Å².